The standard InChI is InChI=1S/C15H17N3O3/c1-8-5-12(13-9(2)18-21-15(13)16-8)14(20)17-11-4-3-10(6-11)7-19/h3-5,10-11,19H,6-7H2,1-2H3,(H,17,20)/t10-,11+/m0/s1. The van der Waals surface area contributed by atoms with Gasteiger partial charge < -0.3 is 14.9 Å². The number of amides is 1. The first-order valence-corrected chi connectivity index (χ1v) is 6.92. The molecule has 0 radical (unpaired) electrons. The molecule has 2 aromatic heterocycles. The van der Waals surface area contributed by atoms with Crippen LogP contribution >= 0.6 is 0 Å². The quantitative estimate of drug-likeness (QED) is 0.835. The fourth-order valence-corrected chi connectivity index (χ4v) is 2.66. The fraction of sp³-hybridized carbons (Fsp3) is 0.400. The molecule has 3 rings (SSSR count). The molecule has 0 aliphatic heterocycles. The number of nitrogens with zero attached hydrogens (tertiary/aromatic N) is 2. The van der Waals surface area contributed by atoms with Crippen LogP contribution in [0.25, 0.3) is 11.1 Å². The Hall–Kier alpha value is -2.21. The SMILES string of the molecule is Cc1cc(C(=O)N[C@@H]2C=C[C@H](CO)C2)c2c(C)noc2n1. The summed E-state index contributed by atoms with van der Waals surface area (Å²) < 4.78 is 5.14. The molecule has 110 valence electrons. The summed E-state index contributed by atoms with van der Waals surface area (Å²) in [6.45, 7) is 3.70. The zero-order valence-electron chi connectivity index (χ0n) is 12.0. The summed E-state index contributed by atoms with van der Waals surface area (Å²) in [4.78, 5) is 16.7. The molecule has 0 saturated carbocycles. The van der Waals surface area contributed by atoms with Crippen molar-refractivity contribution in [2.24, 2.45) is 5.92 Å². The van der Waals surface area contributed by atoms with Crippen LogP contribution in [0, 0.1) is 19.8 Å². The molecule has 21 heavy (non-hydrogen) atoms. The number of pyridine rings is 1. The lowest BCUT2D eigenvalue weighted by atomic mass is 10.1. The molecular formula is C15H17N3O3. The average Bonchev–Trinajstić information content (AvgIpc) is 3.05. The van der Waals surface area contributed by atoms with Gasteiger partial charge in [0.2, 0.25) is 0 Å². The minimum atomic E-state index is -0.176. The second-order valence-electron chi connectivity index (χ2n) is 5.40. The molecule has 0 aromatic carbocycles. The lowest BCUT2D eigenvalue weighted by Crippen LogP contribution is -2.33. The monoisotopic (exact) mass is 287 g/mol. The first-order chi connectivity index (χ1) is 10.1. The number of aromatic nitrogens is 2. The lowest BCUT2D eigenvalue weighted by molar-refractivity contribution is 0.0942. The summed E-state index contributed by atoms with van der Waals surface area (Å²) in [5, 5.41) is 16.6. The number of carbonyl (C=O) groups is 1. The van der Waals surface area contributed by atoms with Crippen molar-refractivity contribution in [1.29, 1.82) is 0 Å². The molecule has 6 nitrogen and oxygen atoms in total. The van der Waals surface area contributed by atoms with Crippen LogP contribution in [0.2, 0.25) is 0 Å². The lowest BCUT2D eigenvalue weighted by Gasteiger charge is -2.13. The Kier molecular flexibility index (Phi) is 3.47. The Labute approximate surface area is 121 Å². The van der Waals surface area contributed by atoms with Gasteiger partial charge in [-0.05, 0) is 26.3 Å². The highest BCUT2D eigenvalue weighted by molar-refractivity contribution is 6.06. The van der Waals surface area contributed by atoms with Gasteiger partial charge in [-0.15, -0.1) is 0 Å². The van der Waals surface area contributed by atoms with Gasteiger partial charge in [0, 0.05) is 24.3 Å². The number of carbonyl (C=O) groups excluding carboxylic acids is 1. The van der Waals surface area contributed by atoms with Gasteiger partial charge in [0.25, 0.3) is 11.6 Å². The van der Waals surface area contributed by atoms with Crippen LogP contribution in [-0.4, -0.2) is 33.8 Å². The number of hydrogen-bond donors (Lipinski definition) is 2. The highest BCUT2D eigenvalue weighted by Gasteiger charge is 2.23. The number of aliphatic hydroxyl groups is 1. The van der Waals surface area contributed by atoms with E-state index in [-0.39, 0.29) is 24.5 Å². The Morgan fingerprint density at radius 2 is 2.29 bits per heavy atom. The van der Waals surface area contributed by atoms with E-state index in [0.717, 1.165) is 6.42 Å². The van der Waals surface area contributed by atoms with Gasteiger partial charge in [0.15, 0.2) is 0 Å². The van der Waals surface area contributed by atoms with E-state index in [4.69, 9.17) is 9.63 Å². The minimum Gasteiger partial charge on any atom is -0.396 e. The Morgan fingerprint density at radius 1 is 1.48 bits per heavy atom. The van der Waals surface area contributed by atoms with Crippen LogP contribution in [-0.2, 0) is 0 Å². The Morgan fingerprint density at radius 3 is 3.00 bits per heavy atom. The summed E-state index contributed by atoms with van der Waals surface area (Å²) in [7, 11) is 0. The van der Waals surface area contributed by atoms with Crippen LogP contribution in [0.1, 0.15) is 28.2 Å². The van der Waals surface area contributed by atoms with E-state index in [9.17, 15) is 4.79 Å². The predicted molar refractivity (Wildman–Crippen MR) is 76.9 cm³/mol. The second kappa shape index (κ2) is 5.29. The number of aliphatic hydroxyl groups excluding tert-OH is 1. The average molecular weight is 287 g/mol. The molecule has 1 amide bonds. The highest BCUT2D eigenvalue weighted by Crippen LogP contribution is 2.23. The maximum absolute atomic E-state index is 12.5. The van der Waals surface area contributed by atoms with E-state index >= 15 is 0 Å². The first kappa shape index (κ1) is 13.8. The van der Waals surface area contributed by atoms with Crippen molar-refractivity contribution in [3.8, 4) is 0 Å². The topological polar surface area (TPSA) is 88.2 Å². The number of hydrogen-bond acceptors (Lipinski definition) is 5. The van der Waals surface area contributed by atoms with E-state index < -0.39 is 0 Å². The van der Waals surface area contributed by atoms with E-state index in [1.165, 1.54) is 0 Å². The van der Waals surface area contributed by atoms with Crippen LogP contribution in [0.3, 0.4) is 0 Å². The number of fused-ring (bicyclic) bond motifs is 1. The predicted octanol–water partition coefficient (Wildman–Crippen LogP) is 1.51. The van der Waals surface area contributed by atoms with Gasteiger partial charge >= 0.3 is 0 Å². The molecule has 2 aromatic rings. The zero-order chi connectivity index (χ0) is 15.0. The second-order valence-corrected chi connectivity index (χ2v) is 5.40. The van der Waals surface area contributed by atoms with E-state index in [2.05, 4.69) is 15.5 Å². The Bertz CT molecular complexity index is 720. The molecule has 0 saturated heterocycles. The van der Waals surface area contributed by atoms with Crippen LogP contribution in [0.5, 0.6) is 0 Å². The molecule has 2 heterocycles. The van der Waals surface area contributed by atoms with Crippen LogP contribution in [0.15, 0.2) is 22.7 Å². The largest absolute Gasteiger partial charge is 0.396 e. The zero-order valence-corrected chi connectivity index (χ0v) is 12.0. The summed E-state index contributed by atoms with van der Waals surface area (Å²) in [5.74, 6) is -0.0585. The number of aryl methyl sites for hydroxylation is 2. The van der Waals surface area contributed by atoms with Crippen molar-refractivity contribution in [3.05, 3.63) is 35.2 Å². The van der Waals surface area contributed by atoms with Crippen molar-refractivity contribution < 1.29 is 14.4 Å². The molecule has 2 N–H and O–H groups in total. The summed E-state index contributed by atoms with van der Waals surface area (Å²) in [6.07, 6.45) is 4.57. The van der Waals surface area contributed by atoms with Gasteiger partial charge in [-0.3, -0.25) is 4.79 Å². The number of rotatable bonds is 3. The van der Waals surface area contributed by atoms with Crippen LogP contribution in [0.4, 0.5) is 0 Å². The third-order valence-corrected chi connectivity index (χ3v) is 3.71. The Balaban J connectivity index is 1.88. The number of nitrogens with one attached hydrogen (secondary N) is 1. The fourth-order valence-electron chi connectivity index (χ4n) is 2.66. The molecule has 1 aliphatic rings. The third kappa shape index (κ3) is 2.54. The van der Waals surface area contributed by atoms with Crippen molar-refractivity contribution >= 4 is 17.0 Å². The van der Waals surface area contributed by atoms with Gasteiger partial charge in [0.1, 0.15) is 0 Å². The molecule has 1 aliphatic carbocycles. The first-order valence-electron chi connectivity index (χ1n) is 6.92. The summed E-state index contributed by atoms with van der Waals surface area (Å²) >= 11 is 0. The van der Waals surface area contributed by atoms with Gasteiger partial charge in [-0.2, -0.15) is 0 Å². The van der Waals surface area contributed by atoms with Crippen molar-refractivity contribution in [2.45, 2.75) is 26.3 Å². The third-order valence-electron chi connectivity index (χ3n) is 3.71. The molecule has 0 unspecified atom stereocenters. The molecule has 0 spiro atoms. The van der Waals surface area contributed by atoms with Crippen LogP contribution < -0.4 is 5.32 Å². The van der Waals surface area contributed by atoms with Crippen molar-refractivity contribution in [2.75, 3.05) is 6.61 Å². The molecular weight excluding hydrogens is 270 g/mol. The van der Waals surface area contributed by atoms with Crippen molar-refractivity contribution in [1.82, 2.24) is 15.5 Å². The maximum Gasteiger partial charge on any atom is 0.258 e. The minimum absolute atomic E-state index is 0.0571. The molecule has 6 heteroatoms. The molecule has 0 bridgehead atoms. The summed E-state index contributed by atoms with van der Waals surface area (Å²) in [5.41, 5.74) is 2.27. The van der Waals surface area contributed by atoms with E-state index in [1.807, 2.05) is 19.1 Å². The smallest absolute Gasteiger partial charge is 0.258 e. The highest BCUT2D eigenvalue weighted by atomic mass is 16.5. The molecule has 0 fully saturated rings. The van der Waals surface area contributed by atoms with Gasteiger partial charge in [0.05, 0.1) is 16.6 Å². The van der Waals surface area contributed by atoms with Crippen molar-refractivity contribution in [3.63, 3.8) is 0 Å². The molecule has 2 atom stereocenters. The van der Waals surface area contributed by atoms with E-state index in [0.29, 0.717) is 28.1 Å². The maximum atomic E-state index is 12.5. The van der Waals surface area contributed by atoms with Gasteiger partial charge in [-0.1, -0.05) is 17.3 Å². The van der Waals surface area contributed by atoms with Gasteiger partial charge in [-0.25, -0.2) is 4.98 Å². The normalized spacial score (nSPS) is 21.1. The summed E-state index contributed by atoms with van der Waals surface area (Å²) in [6, 6.07) is 1.68. The van der Waals surface area contributed by atoms with E-state index in [1.54, 1.807) is 13.0 Å².